The van der Waals surface area contributed by atoms with Gasteiger partial charge in [0.1, 0.15) is 0 Å². The van der Waals surface area contributed by atoms with Crippen LogP contribution in [-0.4, -0.2) is 55.2 Å². The first-order chi connectivity index (χ1) is 9.12. The highest BCUT2D eigenvalue weighted by atomic mass is 16.6. The maximum absolute atomic E-state index is 11.1. The molecule has 0 bridgehead atoms. The number of nitrogens with zero attached hydrogens (tertiary/aromatic N) is 2. The van der Waals surface area contributed by atoms with Crippen molar-refractivity contribution < 1.29 is 9.53 Å². The van der Waals surface area contributed by atoms with E-state index in [0.29, 0.717) is 6.54 Å². The molecular weight excluding hydrogens is 240 g/mol. The molecule has 2 aliphatic rings. The second-order valence-corrected chi connectivity index (χ2v) is 4.08. The van der Waals surface area contributed by atoms with Crippen molar-refractivity contribution >= 4 is 5.97 Å². The molecule has 0 aromatic carbocycles. The molecule has 2 heterocycles. The van der Waals surface area contributed by atoms with Crippen LogP contribution >= 0.6 is 0 Å². The third kappa shape index (κ3) is 5.91. The number of likely N-dealkylation sites (tertiary alicyclic amines) is 1. The smallest absolute Gasteiger partial charge is 0.322 e. The molecular formula is C15H34N2O2. The molecule has 0 amide bonds. The standard InChI is InChI=1S/C9H16N2O2.3C2H6/c1-10-5-3-9(4-6-10)11(2)7-8(12)13-9;3*1-2/h3-7H2,1-2H3;3*1-2H3. The fraction of sp³-hybridized carbons (Fsp3) is 0.933. The van der Waals surface area contributed by atoms with Crippen molar-refractivity contribution in [3.63, 3.8) is 0 Å². The minimum absolute atomic E-state index is 0.0768. The van der Waals surface area contributed by atoms with Gasteiger partial charge in [0, 0.05) is 25.9 Å². The normalized spacial score (nSPS) is 21.2. The molecule has 2 aliphatic heterocycles. The molecule has 0 atom stereocenters. The fourth-order valence-corrected chi connectivity index (χ4v) is 2.11. The summed E-state index contributed by atoms with van der Waals surface area (Å²) in [6.07, 6.45) is 1.87. The number of hydrogen-bond acceptors (Lipinski definition) is 4. The minimum Gasteiger partial charge on any atom is -0.443 e. The fourth-order valence-electron chi connectivity index (χ4n) is 2.11. The molecule has 2 saturated heterocycles. The Hall–Kier alpha value is -0.610. The van der Waals surface area contributed by atoms with Gasteiger partial charge in [0.2, 0.25) is 0 Å². The van der Waals surface area contributed by atoms with E-state index in [0.717, 1.165) is 25.9 Å². The van der Waals surface area contributed by atoms with Gasteiger partial charge in [-0.25, -0.2) is 0 Å². The summed E-state index contributed by atoms with van der Waals surface area (Å²) in [4.78, 5) is 15.4. The number of carbonyl (C=O) groups is 1. The van der Waals surface area contributed by atoms with E-state index in [9.17, 15) is 4.79 Å². The largest absolute Gasteiger partial charge is 0.443 e. The lowest BCUT2D eigenvalue weighted by atomic mass is 10.00. The Labute approximate surface area is 120 Å². The second-order valence-electron chi connectivity index (χ2n) is 4.08. The van der Waals surface area contributed by atoms with Crippen LogP contribution in [0.1, 0.15) is 54.4 Å². The van der Waals surface area contributed by atoms with Crippen molar-refractivity contribution in [3.05, 3.63) is 0 Å². The lowest BCUT2D eigenvalue weighted by molar-refractivity contribution is -0.159. The van der Waals surface area contributed by atoms with E-state index >= 15 is 0 Å². The zero-order valence-corrected chi connectivity index (χ0v) is 14.2. The molecule has 0 saturated carbocycles. The Morgan fingerprint density at radius 1 is 0.947 bits per heavy atom. The van der Waals surface area contributed by atoms with Crippen LogP contribution < -0.4 is 0 Å². The van der Waals surface area contributed by atoms with Crippen molar-refractivity contribution in [2.24, 2.45) is 0 Å². The third-order valence-electron chi connectivity index (χ3n) is 3.13. The van der Waals surface area contributed by atoms with Crippen molar-refractivity contribution in [3.8, 4) is 0 Å². The van der Waals surface area contributed by atoms with Crippen LogP contribution in [0, 0.1) is 0 Å². The second kappa shape index (κ2) is 11.2. The van der Waals surface area contributed by atoms with Crippen LogP contribution in [0.4, 0.5) is 0 Å². The minimum atomic E-state index is -0.274. The van der Waals surface area contributed by atoms with Crippen LogP contribution in [0.25, 0.3) is 0 Å². The van der Waals surface area contributed by atoms with E-state index in [1.54, 1.807) is 0 Å². The summed E-state index contributed by atoms with van der Waals surface area (Å²) in [6.45, 7) is 14.5. The summed E-state index contributed by atoms with van der Waals surface area (Å²) in [5.74, 6) is -0.0768. The third-order valence-corrected chi connectivity index (χ3v) is 3.13. The molecule has 2 fully saturated rings. The van der Waals surface area contributed by atoms with Gasteiger partial charge in [0.05, 0.1) is 6.54 Å². The van der Waals surface area contributed by atoms with Crippen LogP contribution in [-0.2, 0) is 9.53 Å². The average molecular weight is 274 g/mol. The summed E-state index contributed by atoms with van der Waals surface area (Å²) in [5, 5.41) is 0. The first-order valence-corrected chi connectivity index (χ1v) is 7.74. The Morgan fingerprint density at radius 2 is 1.37 bits per heavy atom. The van der Waals surface area contributed by atoms with Gasteiger partial charge in [-0.3, -0.25) is 9.69 Å². The van der Waals surface area contributed by atoms with E-state index < -0.39 is 0 Å². The van der Waals surface area contributed by atoms with E-state index in [1.807, 2.05) is 53.5 Å². The molecule has 0 aromatic heterocycles. The lowest BCUT2D eigenvalue weighted by Gasteiger charge is -2.40. The van der Waals surface area contributed by atoms with Gasteiger partial charge in [0.15, 0.2) is 5.72 Å². The first kappa shape index (κ1) is 20.7. The van der Waals surface area contributed by atoms with Gasteiger partial charge in [-0.05, 0) is 14.1 Å². The SMILES string of the molecule is CC.CC.CC.CN1CCC2(CC1)OC(=O)CN2C. The number of likely N-dealkylation sites (N-methyl/N-ethyl adjacent to an activating group) is 1. The number of hydrogen-bond donors (Lipinski definition) is 0. The molecule has 0 radical (unpaired) electrons. The number of carbonyl (C=O) groups excluding carboxylic acids is 1. The van der Waals surface area contributed by atoms with Gasteiger partial charge < -0.3 is 9.64 Å². The Kier molecular flexibility index (Phi) is 12.2. The number of esters is 1. The monoisotopic (exact) mass is 274 g/mol. The van der Waals surface area contributed by atoms with Gasteiger partial charge in [-0.1, -0.05) is 41.5 Å². The predicted octanol–water partition coefficient (Wildman–Crippen LogP) is 2.98. The Bertz CT molecular complexity index is 224. The summed E-state index contributed by atoms with van der Waals surface area (Å²) in [5.41, 5.74) is -0.274. The number of piperidine rings is 1. The van der Waals surface area contributed by atoms with Gasteiger partial charge in [0.25, 0.3) is 0 Å². The quantitative estimate of drug-likeness (QED) is 0.636. The molecule has 19 heavy (non-hydrogen) atoms. The first-order valence-electron chi connectivity index (χ1n) is 7.74. The Morgan fingerprint density at radius 3 is 1.68 bits per heavy atom. The maximum Gasteiger partial charge on any atom is 0.322 e. The lowest BCUT2D eigenvalue weighted by Crippen LogP contribution is -2.50. The van der Waals surface area contributed by atoms with Gasteiger partial charge in [-0.15, -0.1) is 0 Å². The van der Waals surface area contributed by atoms with E-state index in [1.165, 1.54) is 0 Å². The topological polar surface area (TPSA) is 32.8 Å². The van der Waals surface area contributed by atoms with Crippen LogP contribution in [0.3, 0.4) is 0 Å². The zero-order chi connectivity index (χ0) is 15.5. The summed E-state index contributed by atoms with van der Waals surface area (Å²) >= 11 is 0. The van der Waals surface area contributed by atoms with Crippen molar-refractivity contribution in [2.75, 3.05) is 33.7 Å². The molecule has 4 heteroatoms. The number of ether oxygens (including phenoxy) is 1. The zero-order valence-electron chi connectivity index (χ0n) is 14.2. The summed E-state index contributed by atoms with van der Waals surface area (Å²) in [6, 6.07) is 0. The average Bonchev–Trinajstić information content (AvgIpc) is 2.75. The molecule has 0 aromatic rings. The van der Waals surface area contributed by atoms with Gasteiger partial charge >= 0.3 is 5.97 Å². The maximum atomic E-state index is 11.1. The van der Waals surface area contributed by atoms with E-state index in [-0.39, 0.29) is 11.7 Å². The molecule has 116 valence electrons. The van der Waals surface area contributed by atoms with Crippen molar-refractivity contribution in [2.45, 2.75) is 60.1 Å². The van der Waals surface area contributed by atoms with Crippen molar-refractivity contribution in [1.82, 2.24) is 9.80 Å². The highest BCUT2D eigenvalue weighted by Gasteiger charge is 2.46. The van der Waals surface area contributed by atoms with Crippen molar-refractivity contribution in [1.29, 1.82) is 0 Å². The molecule has 0 N–H and O–H groups in total. The highest BCUT2D eigenvalue weighted by molar-refractivity contribution is 5.74. The van der Waals surface area contributed by atoms with Gasteiger partial charge in [-0.2, -0.15) is 0 Å². The molecule has 0 unspecified atom stereocenters. The predicted molar refractivity (Wildman–Crippen MR) is 82.2 cm³/mol. The molecule has 2 rings (SSSR count). The number of rotatable bonds is 0. The molecule has 0 aliphatic carbocycles. The van der Waals surface area contributed by atoms with E-state index in [4.69, 9.17) is 4.74 Å². The Balaban J connectivity index is 0. The van der Waals surface area contributed by atoms with Crippen LogP contribution in [0.2, 0.25) is 0 Å². The molecule has 4 nitrogen and oxygen atoms in total. The summed E-state index contributed by atoms with van der Waals surface area (Å²) < 4.78 is 5.41. The van der Waals surface area contributed by atoms with Crippen LogP contribution in [0.15, 0.2) is 0 Å². The highest BCUT2D eigenvalue weighted by Crippen LogP contribution is 2.32. The van der Waals surface area contributed by atoms with Crippen LogP contribution in [0.5, 0.6) is 0 Å². The van der Waals surface area contributed by atoms with E-state index in [2.05, 4.69) is 11.9 Å². The molecule has 1 spiro atoms. The summed E-state index contributed by atoms with van der Waals surface area (Å²) in [7, 11) is 4.07.